The number of rotatable bonds is 6. The van der Waals surface area contributed by atoms with Gasteiger partial charge in [0, 0.05) is 74.9 Å². The van der Waals surface area contributed by atoms with Crippen molar-refractivity contribution in [3.05, 3.63) is 228 Å². The first-order chi connectivity index (χ1) is 34.5. The highest BCUT2D eigenvalue weighted by Crippen LogP contribution is 2.46. The lowest BCUT2D eigenvalue weighted by Crippen LogP contribution is -2.11. The van der Waals surface area contributed by atoms with Crippen LogP contribution in [0.25, 0.3) is 104 Å². The summed E-state index contributed by atoms with van der Waals surface area (Å²) >= 11 is 0. The number of fused-ring (bicyclic) bond motifs is 15. The summed E-state index contributed by atoms with van der Waals surface area (Å²) in [6.45, 7) is 0. The highest BCUT2D eigenvalue weighted by atomic mass is 16.3. The van der Waals surface area contributed by atoms with Gasteiger partial charge in [-0.15, -0.1) is 0 Å². The van der Waals surface area contributed by atoms with Gasteiger partial charge in [-0.25, -0.2) is 0 Å². The molecule has 0 spiro atoms. The average molecular weight is 900 g/mol. The van der Waals surface area contributed by atoms with E-state index < -0.39 is 0 Å². The molecule has 0 saturated carbocycles. The van der Waals surface area contributed by atoms with E-state index in [1.165, 1.54) is 60.7 Å². The molecule has 0 saturated heterocycles. The van der Waals surface area contributed by atoms with E-state index in [0.29, 0.717) is 0 Å². The molecule has 5 heteroatoms. The molecular weight excluding hydrogens is 855 g/mol. The fourth-order valence-corrected chi connectivity index (χ4v) is 12.3. The zero-order valence-corrected chi connectivity index (χ0v) is 38.8. The third-order valence-electron chi connectivity index (χ3n) is 15.4. The number of para-hydroxylation sites is 4. The van der Waals surface area contributed by atoms with Gasteiger partial charge in [-0.1, -0.05) is 127 Å². The SMILES string of the molecule is Cn1c2c(c3cccc(N(c4ccccc4)c4ccc5cc6c(cc5c4)oc4c6ccc5oc6cc7cc(C(c8ccccc8)c8cccc9c%10ccccc%10n(C)c89)ccc7cc6c54)c31)CCC=C2. The van der Waals surface area contributed by atoms with Crippen molar-refractivity contribution in [3.63, 3.8) is 0 Å². The molecule has 0 amide bonds. The molecule has 10 aromatic carbocycles. The van der Waals surface area contributed by atoms with Crippen LogP contribution in [0.1, 0.15) is 40.3 Å². The topological polar surface area (TPSA) is 39.4 Å². The second-order valence-corrected chi connectivity index (χ2v) is 19.2. The molecule has 0 radical (unpaired) electrons. The van der Waals surface area contributed by atoms with Crippen molar-refractivity contribution in [3.8, 4) is 0 Å². The van der Waals surface area contributed by atoms with Crippen LogP contribution in [0.4, 0.5) is 17.1 Å². The largest absolute Gasteiger partial charge is 0.456 e. The van der Waals surface area contributed by atoms with Gasteiger partial charge in [0.05, 0.1) is 22.1 Å². The number of benzene rings is 10. The predicted octanol–water partition coefficient (Wildman–Crippen LogP) is 17.5. The van der Waals surface area contributed by atoms with E-state index in [-0.39, 0.29) is 5.92 Å². The maximum Gasteiger partial charge on any atom is 0.147 e. The van der Waals surface area contributed by atoms with E-state index >= 15 is 0 Å². The van der Waals surface area contributed by atoms with Crippen molar-refractivity contribution in [2.24, 2.45) is 14.1 Å². The van der Waals surface area contributed by atoms with E-state index in [2.05, 4.69) is 234 Å². The number of allylic oxidation sites excluding steroid dienone is 1. The van der Waals surface area contributed by atoms with Gasteiger partial charge in [-0.2, -0.15) is 0 Å². The van der Waals surface area contributed by atoms with Crippen molar-refractivity contribution in [1.29, 1.82) is 0 Å². The Kier molecular flexibility index (Phi) is 8.32. The van der Waals surface area contributed by atoms with Crippen molar-refractivity contribution in [2.75, 3.05) is 4.90 Å². The van der Waals surface area contributed by atoms with Crippen LogP contribution in [-0.4, -0.2) is 9.13 Å². The molecule has 5 nitrogen and oxygen atoms in total. The summed E-state index contributed by atoms with van der Waals surface area (Å²) in [4.78, 5) is 2.40. The number of hydrogen-bond donors (Lipinski definition) is 0. The van der Waals surface area contributed by atoms with Gasteiger partial charge in [0.15, 0.2) is 0 Å². The van der Waals surface area contributed by atoms with Crippen molar-refractivity contribution in [1.82, 2.24) is 9.13 Å². The van der Waals surface area contributed by atoms with E-state index in [4.69, 9.17) is 8.83 Å². The second kappa shape index (κ2) is 14.8. The average Bonchev–Trinajstić information content (AvgIpc) is 4.13. The lowest BCUT2D eigenvalue weighted by Gasteiger charge is -2.27. The van der Waals surface area contributed by atoms with Crippen LogP contribution in [-0.2, 0) is 20.5 Å². The van der Waals surface area contributed by atoms with Gasteiger partial charge in [-0.05, 0) is 136 Å². The number of aryl methyl sites for hydroxylation is 3. The van der Waals surface area contributed by atoms with Crippen molar-refractivity contribution in [2.45, 2.75) is 18.8 Å². The lowest BCUT2D eigenvalue weighted by molar-refractivity contribution is 0.663. The van der Waals surface area contributed by atoms with Gasteiger partial charge >= 0.3 is 0 Å². The first kappa shape index (κ1) is 39.2. The Morgan fingerprint density at radius 1 is 0.471 bits per heavy atom. The molecular formula is C65H45N3O2. The number of nitrogens with zero attached hydrogens (tertiary/aromatic N) is 3. The van der Waals surface area contributed by atoms with Crippen LogP contribution >= 0.6 is 0 Å². The van der Waals surface area contributed by atoms with Crippen molar-refractivity contribution >= 4 is 121 Å². The minimum atomic E-state index is 0.0211. The van der Waals surface area contributed by atoms with Gasteiger partial charge in [0.2, 0.25) is 0 Å². The Balaban J connectivity index is 0.863. The third-order valence-corrected chi connectivity index (χ3v) is 15.4. The van der Waals surface area contributed by atoms with Crippen LogP contribution < -0.4 is 4.90 Å². The molecule has 0 aliphatic heterocycles. The minimum Gasteiger partial charge on any atom is -0.456 e. The number of furan rings is 2. The molecule has 4 heterocycles. The van der Waals surface area contributed by atoms with Crippen LogP contribution in [0.15, 0.2) is 209 Å². The molecule has 0 fully saturated rings. The molecule has 70 heavy (non-hydrogen) atoms. The fourth-order valence-electron chi connectivity index (χ4n) is 12.3. The summed E-state index contributed by atoms with van der Waals surface area (Å²) in [5, 5.41) is 12.7. The zero-order valence-electron chi connectivity index (χ0n) is 38.8. The molecule has 14 aromatic rings. The molecule has 4 aromatic heterocycles. The van der Waals surface area contributed by atoms with Crippen LogP contribution in [0.3, 0.4) is 0 Å². The Bertz CT molecular complexity index is 4510. The quantitative estimate of drug-likeness (QED) is 0.156. The third kappa shape index (κ3) is 5.66. The first-order valence-corrected chi connectivity index (χ1v) is 24.4. The Labute approximate surface area is 403 Å². The molecule has 332 valence electrons. The molecule has 1 atom stereocenters. The lowest BCUT2D eigenvalue weighted by atomic mass is 9.83. The molecule has 1 aliphatic carbocycles. The summed E-state index contributed by atoms with van der Waals surface area (Å²) in [5.41, 5.74) is 17.0. The van der Waals surface area contributed by atoms with E-state index in [9.17, 15) is 0 Å². The fraction of sp³-hybridized carbons (Fsp3) is 0.0769. The highest BCUT2D eigenvalue weighted by molar-refractivity contribution is 6.24. The smallest absolute Gasteiger partial charge is 0.147 e. The first-order valence-electron chi connectivity index (χ1n) is 24.4. The highest BCUT2D eigenvalue weighted by Gasteiger charge is 2.25. The summed E-state index contributed by atoms with van der Waals surface area (Å²) in [6.07, 6.45) is 6.71. The summed E-state index contributed by atoms with van der Waals surface area (Å²) in [7, 11) is 4.40. The number of aromatic nitrogens is 2. The molecule has 1 aliphatic rings. The molecule has 15 rings (SSSR count). The van der Waals surface area contributed by atoms with Gasteiger partial charge < -0.3 is 22.9 Å². The van der Waals surface area contributed by atoms with Crippen LogP contribution in [0.5, 0.6) is 0 Å². The predicted molar refractivity (Wildman–Crippen MR) is 292 cm³/mol. The maximum absolute atomic E-state index is 6.97. The minimum absolute atomic E-state index is 0.0211. The Hall–Kier alpha value is -8.80. The monoisotopic (exact) mass is 899 g/mol. The maximum atomic E-state index is 6.97. The molecule has 1 unspecified atom stereocenters. The zero-order chi connectivity index (χ0) is 46.2. The van der Waals surface area contributed by atoms with Gasteiger partial charge in [0.1, 0.15) is 22.3 Å². The summed E-state index contributed by atoms with van der Waals surface area (Å²) in [5.74, 6) is 0.0211. The standard InChI is InChI=1S/C65H45N3O2/c1-66-55-24-11-9-19-47(55)49-21-13-23-52(63(49)66)61(39-15-5-3-6-16-39)42-28-27-40-36-54-60(37-43(40)33-42)69-58-32-31-51-53-35-41-29-30-46(34-44(41)38-59(53)70-65(51)62(54)58)68(45-17-7-4-8-18-45)57-26-14-22-50-48-20-10-12-25-56(48)67(2)64(50)57/h3-9,11-19,21-38,61H,10,20H2,1-2H3. The van der Waals surface area contributed by atoms with Gasteiger partial charge in [-0.3, -0.25) is 0 Å². The van der Waals surface area contributed by atoms with E-state index in [1.807, 2.05) is 0 Å². The Morgan fingerprint density at radius 3 is 2.07 bits per heavy atom. The van der Waals surface area contributed by atoms with E-state index in [1.54, 1.807) is 0 Å². The number of hydrogen-bond acceptors (Lipinski definition) is 3. The number of anilines is 3. The Morgan fingerprint density at radius 2 is 1.20 bits per heavy atom. The van der Waals surface area contributed by atoms with Crippen LogP contribution in [0, 0.1) is 0 Å². The van der Waals surface area contributed by atoms with E-state index in [0.717, 1.165) is 95.3 Å². The summed E-state index contributed by atoms with van der Waals surface area (Å²) in [6, 6.07) is 71.0. The normalized spacial score (nSPS) is 13.3. The summed E-state index contributed by atoms with van der Waals surface area (Å²) < 4.78 is 18.4. The van der Waals surface area contributed by atoms with Crippen LogP contribution in [0.2, 0.25) is 0 Å². The van der Waals surface area contributed by atoms with Crippen molar-refractivity contribution < 1.29 is 8.83 Å². The molecule has 0 N–H and O–H groups in total. The van der Waals surface area contributed by atoms with Gasteiger partial charge in [0.25, 0.3) is 0 Å². The second-order valence-electron chi connectivity index (χ2n) is 19.2. The molecule has 0 bridgehead atoms.